The number of benzene rings is 1. The van der Waals surface area contributed by atoms with Gasteiger partial charge >= 0.3 is 15.7 Å². The van der Waals surface area contributed by atoms with E-state index in [1.165, 1.54) is 13.2 Å². The molecule has 1 aliphatic rings. The van der Waals surface area contributed by atoms with Crippen molar-refractivity contribution in [2.75, 3.05) is 12.9 Å². The Morgan fingerprint density at radius 3 is 2.48 bits per heavy atom. The molecule has 1 aliphatic carbocycles. The fourth-order valence-electron chi connectivity index (χ4n) is 3.28. The maximum absolute atomic E-state index is 12.3. The second kappa shape index (κ2) is 7.07. The molecular weight excluding hydrogens is 344 g/mol. The molecular formula is C18H22O6S. The van der Waals surface area contributed by atoms with Crippen molar-refractivity contribution in [2.24, 2.45) is 0 Å². The Kier molecular flexibility index (Phi) is 5.03. The number of ether oxygens (including phenoxy) is 1. The highest BCUT2D eigenvalue weighted by Gasteiger charge is 2.21. The molecule has 2 aromatic rings. The number of hydrogen-bond acceptors (Lipinski definition) is 6. The Hall–Kier alpha value is -2.02. The summed E-state index contributed by atoms with van der Waals surface area (Å²) in [5.41, 5.74) is 1.68. The lowest BCUT2D eigenvalue weighted by Crippen LogP contribution is -2.14. The summed E-state index contributed by atoms with van der Waals surface area (Å²) in [6, 6.07) is 3.15. The molecule has 0 radical (unpaired) electrons. The van der Waals surface area contributed by atoms with Crippen LogP contribution in [0.15, 0.2) is 21.3 Å². The Balaban J connectivity index is 2.17. The second-order valence-corrected chi connectivity index (χ2v) is 7.94. The highest BCUT2D eigenvalue weighted by atomic mass is 32.2. The summed E-state index contributed by atoms with van der Waals surface area (Å²) in [5.74, 6) is 0.259. The molecule has 7 heteroatoms. The lowest BCUT2D eigenvalue weighted by Gasteiger charge is -2.14. The first kappa shape index (κ1) is 17.8. The summed E-state index contributed by atoms with van der Waals surface area (Å²) in [4.78, 5) is 12.3. The molecule has 0 saturated heterocycles. The molecule has 0 spiro atoms. The summed E-state index contributed by atoms with van der Waals surface area (Å²) < 4.78 is 39.9. The maximum Gasteiger partial charge on any atom is 0.339 e. The third kappa shape index (κ3) is 3.66. The molecule has 0 atom stereocenters. The molecule has 0 unspecified atom stereocenters. The van der Waals surface area contributed by atoms with Gasteiger partial charge in [0.2, 0.25) is 0 Å². The zero-order valence-electron chi connectivity index (χ0n) is 14.5. The van der Waals surface area contributed by atoms with E-state index in [1.807, 2.05) is 0 Å². The average molecular weight is 366 g/mol. The van der Waals surface area contributed by atoms with Crippen molar-refractivity contribution in [1.82, 2.24) is 0 Å². The van der Waals surface area contributed by atoms with Gasteiger partial charge in [0.15, 0.2) is 11.5 Å². The molecule has 6 nitrogen and oxygen atoms in total. The Morgan fingerprint density at radius 1 is 1.08 bits per heavy atom. The molecule has 0 aliphatic heterocycles. The van der Waals surface area contributed by atoms with Crippen LogP contribution < -0.4 is 14.5 Å². The van der Waals surface area contributed by atoms with E-state index >= 15 is 0 Å². The SMILES string of the molecule is CCCS(=O)(=O)Oc1cc2oc(=O)c3c(c2cc1OC)CCCCC3. The van der Waals surface area contributed by atoms with E-state index < -0.39 is 10.1 Å². The molecule has 0 N–H and O–H groups in total. The van der Waals surface area contributed by atoms with Gasteiger partial charge in [-0.1, -0.05) is 13.3 Å². The first-order valence-electron chi connectivity index (χ1n) is 8.54. The van der Waals surface area contributed by atoms with E-state index in [9.17, 15) is 13.2 Å². The molecule has 1 heterocycles. The van der Waals surface area contributed by atoms with Crippen LogP contribution >= 0.6 is 0 Å². The topological polar surface area (TPSA) is 82.8 Å². The summed E-state index contributed by atoms with van der Waals surface area (Å²) in [5, 5.41) is 0.786. The Morgan fingerprint density at radius 2 is 1.80 bits per heavy atom. The molecule has 25 heavy (non-hydrogen) atoms. The van der Waals surface area contributed by atoms with E-state index in [-0.39, 0.29) is 17.1 Å². The fraction of sp³-hybridized carbons (Fsp3) is 0.500. The summed E-state index contributed by atoms with van der Waals surface area (Å²) >= 11 is 0. The minimum absolute atomic E-state index is 0.0418. The number of aryl methyl sites for hydroxylation is 1. The van der Waals surface area contributed by atoms with Gasteiger partial charge in [-0.3, -0.25) is 0 Å². The number of hydrogen-bond donors (Lipinski definition) is 0. The Labute approximate surface area is 146 Å². The van der Waals surface area contributed by atoms with Crippen LogP contribution in [0.5, 0.6) is 11.5 Å². The highest BCUT2D eigenvalue weighted by Crippen LogP contribution is 2.36. The molecule has 1 aromatic carbocycles. The maximum atomic E-state index is 12.3. The first-order chi connectivity index (χ1) is 11.9. The van der Waals surface area contributed by atoms with E-state index in [2.05, 4.69) is 0 Å². The minimum atomic E-state index is -3.72. The monoisotopic (exact) mass is 366 g/mol. The summed E-state index contributed by atoms with van der Waals surface area (Å²) in [6.07, 6.45) is 5.01. The van der Waals surface area contributed by atoms with E-state index in [0.29, 0.717) is 24.2 Å². The van der Waals surface area contributed by atoms with Crippen LogP contribution in [0.25, 0.3) is 11.0 Å². The zero-order valence-corrected chi connectivity index (χ0v) is 15.3. The standard InChI is InChI=1S/C18H22O6S/c1-3-9-25(20,21)24-17-11-15-14(10-16(17)22-2)12-7-5-4-6-8-13(12)18(19)23-15/h10-11H,3-9H2,1-2H3. The van der Waals surface area contributed by atoms with Crippen molar-refractivity contribution in [1.29, 1.82) is 0 Å². The van der Waals surface area contributed by atoms with Crippen molar-refractivity contribution in [3.05, 3.63) is 33.7 Å². The smallest absolute Gasteiger partial charge is 0.339 e. The van der Waals surface area contributed by atoms with Gasteiger partial charge in [-0.05, 0) is 43.7 Å². The van der Waals surface area contributed by atoms with Gasteiger partial charge in [-0.25, -0.2) is 4.79 Å². The molecule has 0 saturated carbocycles. The molecule has 136 valence electrons. The summed E-state index contributed by atoms with van der Waals surface area (Å²) in [7, 11) is -2.26. The fourth-order valence-corrected chi connectivity index (χ4v) is 4.27. The zero-order chi connectivity index (χ0) is 18.0. The van der Waals surface area contributed by atoms with Gasteiger partial charge in [-0.2, -0.15) is 8.42 Å². The largest absolute Gasteiger partial charge is 0.493 e. The lowest BCUT2D eigenvalue weighted by atomic mass is 10.0. The molecule has 0 bridgehead atoms. The van der Waals surface area contributed by atoms with Gasteiger partial charge in [0.05, 0.1) is 12.9 Å². The van der Waals surface area contributed by atoms with Crippen molar-refractivity contribution < 1.29 is 21.8 Å². The van der Waals surface area contributed by atoms with Gasteiger partial charge in [0.25, 0.3) is 0 Å². The van der Waals surface area contributed by atoms with Crippen LogP contribution in [-0.4, -0.2) is 21.3 Å². The van der Waals surface area contributed by atoms with Crippen molar-refractivity contribution >= 4 is 21.1 Å². The number of fused-ring (bicyclic) bond motifs is 3. The van der Waals surface area contributed by atoms with Crippen molar-refractivity contribution in [2.45, 2.75) is 45.4 Å². The van der Waals surface area contributed by atoms with Crippen LogP contribution in [0.3, 0.4) is 0 Å². The molecule has 1 aromatic heterocycles. The molecule has 0 fully saturated rings. The van der Waals surface area contributed by atoms with E-state index in [0.717, 1.165) is 42.2 Å². The van der Waals surface area contributed by atoms with Gasteiger partial charge < -0.3 is 13.3 Å². The van der Waals surface area contributed by atoms with Crippen LogP contribution in [-0.2, 0) is 23.0 Å². The lowest BCUT2D eigenvalue weighted by molar-refractivity contribution is 0.390. The predicted molar refractivity (Wildman–Crippen MR) is 95.0 cm³/mol. The number of rotatable bonds is 5. The third-order valence-corrected chi connectivity index (χ3v) is 5.77. The van der Waals surface area contributed by atoms with Gasteiger partial charge in [0, 0.05) is 17.0 Å². The summed E-state index contributed by atoms with van der Waals surface area (Å²) in [6.45, 7) is 1.76. The van der Waals surface area contributed by atoms with E-state index in [4.69, 9.17) is 13.3 Å². The second-order valence-electron chi connectivity index (χ2n) is 6.25. The highest BCUT2D eigenvalue weighted by molar-refractivity contribution is 7.87. The minimum Gasteiger partial charge on any atom is -0.493 e. The molecule has 0 amide bonds. The van der Waals surface area contributed by atoms with E-state index in [1.54, 1.807) is 13.0 Å². The van der Waals surface area contributed by atoms with Gasteiger partial charge in [-0.15, -0.1) is 0 Å². The van der Waals surface area contributed by atoms with Gasteiger partial charge in [0.1, 0.15) is 5.58 Å². The van der Waals surface area contributed by atoms with Crippen LogP contribution in [0, 0.1) is 0 Å². The average Bonchev–Trinajstić information content (AvgIpc) is 2.80. The predicted octanol–water partition coefficient (Wildman–Crippen LogP) is 3.19. The first-order valence-corrected chi connectivity index (χ1v) is 10.1. The number of methoxy groups -OCH3 is 1. The van der Waals surface area contributed by atoms with Crippen LogP contribution in [0.1, 0.15) is 43.7 Å². The van der Waals surface area contributed by atoms with Crippen molar-refractivity contribution in [3.8, 4) is 11.5 Å². The van der Waals surface area contributed by atoms with Crippen LogP contribution in [0.2, 0.25) is 0 Å². The van der Waals surface area contributed by atoms with Crippen LogP contribution in [0.4, 0.5) is 0 Å². The quantitative estimate of drug-likeness (QED) is 0.459. The third-order valence-electron chi connectivity index (χ3n) is 4.43. The van der Waals surface area contributed by atoms with Crippen molar-refractivity contribution in [3.63, 3.8) is 0 Å². The molecule has 3 rings (SSSR count). The normalized spacial score (nSPS) is 14.8. The Bertz CT molecular complexity index is 942.